The van der Waals surface area contributed by atoms with E-state index in [-0.39, 0.29) is 29.1 Å². The minimum atomic E-state index is -4.33. The molecule has 0 aliphatic rings. The molecule has 39 heavy (non-hydrogen) atoms. The van der Waals surface area contributed by atoms with Gasteiger partial charge >= 0.3 is 0 Å². The van der Waals surface area contributed by atoms with E-state index in [4.69, 9.17) is 0 Å². The SMILES string of the molecule is CC[C@@H](C(=O)NC(C)C)N(Cc1ccccc1C)C(=O)CN(c1ccccc1F)S(=O)(=O)c1ccc(C)cc1. The Morgan fingerprint density at radius 2 is 1.54 bits per heavy atom. The van der Waals surface area contributed by atoms with E-state index < -0.39 is 34.3 Å². The Kier molecular flexibility index (Phi) is 9.86. The van der Waals surface area contributed by atoms with Gasteiger partial charge in [0, 0.05) is 12.6 Å². The Morgan fingerprint density at radius 1 is 0.923 bits per heavy atom. The summed E-state index contributed by atoms with van der Waals surface area (Å²) in [6.07, 6.45) is 0.306. The van der Waals surface area contributed by atoms with Crippen LogP contribution in [0.15, 0.2) is 77.7 Å². The Labute approximate surface area is 230 Å². The van der Waals surface area contributed by atoms with Crippen molar-refractivity contribution in [3.05, 3.63) is 95.3 Å². The fourth-order valence-electron chi connectivity index (χ4n) is 4.28. The van der Waals surface area contributed by atoms with E-state index in [1.807, 2.05) is 52.0 Å². The molecule has 0 saturated heterocycles. The molecule has 0 saturated carbocycles. The van der Waals surface area contributed by atoms with Crippen molar-refractivity contribution in [1.29, 1.82) is 0 Å². The average Bonchev–Trinajstić information content (AvgIpc) is 2.88. The highest BCUT2D eigenvalue weighted by atomic mass is 32.2. The van der Waals surface area contributed by atoms with Gasteiger partial charge in [0.05, 0.1) is 10.6 Å². The quantitative estimate of drug-likeness (QED) is 0.363. The zero-order valence-electron chi connectivity index (χ0n) is 23.0. The van der Waals surface area contributed by atoms with Crippen LogP contribution in [0, 0.1) is 19.7 Å². The molecule has 9 heteroatoms. The van der Waals surface area contributed by atoms with Gasteiger partial charge in [-0.3, -0.25) is 13.9 Å². The average molecular weight is 554 g/mol. The predicted octanol–water partition coefficient (Wildman–Crippen LogP) is 4.97. The lowest BCUT2D eigenvalue weighted by Gasteiger charge is -2.34. The molecule has 0 aromatic heterocycles. The van der Waals surface area contributed by atoms with Crippen molar-refractivity contribution >= 4 is 27.5 Å². The molecule has 0 fully saturated rings. The third-order valence-corrected chi connectivity index (χ3v) is 8.20. The van der Waals surface area contributed by atoms with Crippen LogP contribution in [-0.2, 0) is 26.2 Å². The van der Waals surface area contributed by atoms with Crippen molar-refractivity contribution < 1.29 is 22.4 Å². The van der Waals surface area contributed by atoms with E-state index in [2.05, 4.69) is 5.32 Å². The summed E-state index contributed by atoms with van der Waals surface area (Å²) in [5.74, 6) is -1.74. The number of carbonyl (C=O) groups is 2. The molecular formula is C30H36FN3O4S. The first-order valence-corrected chi connectivity index (χ1v) is 14.4. The number of hydrogen-bond acceptors (Lipinski definition) is 4. The number of hydrogen-bond donors (Lipinski definition) is 1. The molecule has 0 bridgehead atoms. The fourth-order valence-corrected chi connectivity index (χ4v) is 5.70. The zero-order valence-corrected chi connectivity index (χ0v) is 23.8. The van der Waals surface area contributed by atoms with Crippen LogP contribution in [0.4, 0.5) is 10.1 Å². The highest BCUT2D eigenvalue weighted by molar-refractivity contribution is 7.92. The van der Waals surface area contributed by atoms with Gasteiger partial charge in [-0.25, -0.2) is 12.8 Å². The second-order valence-corrected chi connectivity index (χ2v) is 11.7. The van der Waals surface area contributed by atoms with E-state index in [1.165, 1.54) is 35.2 Å². The lowest BCUT2D eigenvalue weighted by Crippen LogP contribution is -2.53. The highest BCUT2D eigenvalue weighted by Gasteiger charge is 2.34. The number of nitrogens with zero attached hydrogens (tertiary/aromatic N) is 2. The third-order valence-electron chi connectivity index (χ3n) is 6.43. The third kappa shape index (κ3) is 7.23. The molecule has 1 atom stereocenters. The lowest BCUT2D eigenvalue weighted by atomic mass is 10.1. The van der Waals surface area contributed by atoms with Crippen molar-refractivity contribution in [2.24, 2.45) is 0 Å². The first-order valence-electron chi connectivity index (χ1n) is 12.9. The summed E-state index contributed by atoms with van der Waals surface area (Å²) in [4.78, 5) is 28.5. The van der Waals surface area contributed by atoms with Crippen LogP contribution in [0.5, 0.6) is 0 Å². The molecule has 1 N–H and O–H groups in total. The Hall–Kier alpha value is -3.72. The largest absolute Gasteiger partial charge is 0.352 e. The number of nitrogens with one attached hydrogen (secondary N) is 1. The Morgan fingerprint density at radius 3 is 2.13 bits per heavy atom. The molecule has 0 spiro atoms. The van der Waals surface area contributed by atoms with Gasteiger partial charge in [-0.2, -0.15) is 0 Å². The van der Waals surface area contributed by atoms with Gasteiger partial charge in [0.1, 0.15) is 18.4 Å². The van der Waals surface area contributed by atoms with Crippen molar-refractivity contribution in [3.8, 4) is 0 Å². The van der Waals surface area contributed by atoms with Crippen LogP contribution in [0.1, 0.15) is 43.9 Å². The molecule has 3 rings (SSSR count). The molecular weight excluding hydrogens is 517 g/mol. The number of aryl methyl sites for hydroxylation is 2. The number of carbonyl (C=O) groups excluding carboxylic acids is 2. The van der Waals surface area contributed by atoms with Gasteiger partial charge < -0.3 is 10.2 Å². The van der Waals surface area contributed by atoms with Crippen molar-refractivity contribution in [1.82, 2.24) is 10.2 Å². The smallest absolute Gasteiger partial charge is 0.264 e. The second kappa shape index (κ2) is 12.9. The van der Waals surface area contributed by atoms with Crippen LogP contribution < -0.4 is 9.62 Å². The van der Waals surface area contributed by atoms with Crippen LogP contribution in [-0.4, -0.2) is 43.8 Å². The molecule has 3 aromatic carbocycles. The number of para-hydroxylation sites is 1. The summed E-state index contributed by atoms with van der Waals surface area (Å²) >= 11 is 0. The van der Waals surface area contributed by atoms with Crippen LogP contribution in [0.25, 0.3) is 0 Å². The molecule has 0 heterocycles. The molecule has 3 aromatic rings. The standard InChI is InChI=1S/C30H36FN3O4S/c1-6-27(30(36)32-21(2)3)33(19-24-12-8-7-11-23(24)5)29(35)20-34(28-14-10-9-13-26(28)31)39(37,38)25-17-15-22(4)16-18-25/h7-18,21,27H,6,19-20H2,1-5H3,(H,32,36)/t27-/m0/s1. The number of benzene rings is 3. The summed E-state index contributed by atoms with van der Waals surface area (Å²) in [6, 6.07) is 18.0. The molecule has 0 aliphatic carbocycles. The number of halogens is 1. The molecule has 208 valence electrons. The first kappa shape index (κ1) is 29.8. The van der Waals surface area contributed by atoms with Crippen LogP contribution >= 0.6 is 0 Å². The summed E-state index contributed by atoms with van der Waals surface area (Å²) < 4.78 is 43.4. The highest BCUT2D eigenvalue weighted by Crippen LogP contribution is 2.27. The van der Waals surface area contributed by atoms with Crippen molar-refractivity contribution in [3.63, 3.8) is 0 Å². The minimum absolute atomic E-state index is 0.0702. The lowest BCUT2D eigenvalue weighted by molar-refractivity contribution is -0.140. The van der Waals surface area contributed by atoms with E-state index in [9.17, 15) is 18.0 Å². The van der Waals surface area contributed by atoms with Crippen LogP contribution in [0.3, 0.4) is 0 Å². The van der Waals surface area contributed by atoms with E-state index in [0.717, 1.165) is 27.1 Å². The zero-order chi connectivity index (χ0) is 28.7. The summed E-state index contributed by atoms with van der Waals surface area (Å²) in [5, 5.41) is 2.86. The fraction of sp³-hybridized carbons (Fsp3) is 0.333. The molecule has 0 aliphatic heterocycles. The summed E-state index contributed by atoms with van der Waals surface area (Å²) in [6.45, 7) is 8.57. The maximum absolute atomic E-state index is 15.0. The van der Waals surface area contributed by atoms with Crippen LogP contribution in [0.2, 0.25) is 0 Å². The predicted molar refractivity (Wildman–Crippen MR) is 151 cm³/mol. The number of rotatable bonds is 11. The van der Waals surface area contributed by atoms with Gasteiger partial charge in [0.2, 0.25) is 11.8 Å². The molecule has 2 amide bonds. The van der Waals surface area contributed by atoms with Gasteiger partial charge in [0.15, 0.2) is 0 Å². The van der Waals surface area contributed by atoms with Gasteiger partial charge in [0.25, 0.3) is 10.0 Å². The summed E-state index contributed by atoms with van der Waals surface area (Å²) in [7, 11) is -4.33. The number of sulfonamides is 1. The topological polar surface area (TPSA) is 86.8 Å². The minimum Gasteiger partial charge on any atom is -0.352 e. The maximum atomic E-state index is 15.0. The molecule has 7 nitrogen and oxygen atoms in total. The van der Waals surface area contributed by atoms with Gasteiger partial charge in [-0.05, 0) is 69.5 Å². The first-order chi connectivity index (χ1) is 18.4. The van der Waals surface area contributed by atoms with Gasteiger partial charge in [-0.1, -0.05) is 61.0 Å². The summed E-state index contributed by atoms with van der Waals surface area (Å²) in [5.41, 5.74) is 2.35. The maximum Gasteiger partial charge on any atom is 0.264 e. The van der Waals surface area contributed by atoms with Gasteiger partial charge in [-0.15, -0.1) is 0 Å². The van der Waals surface area contributed by atoms with E-state index in [0.29, 0.717) is 6.42 Å². The molecule has 0 radical (unpaired) electrons. The van der Waals surface area contributed by atoms with E-state index >= 15 is 4.39 Å². The second-order valence-electron chi connectivity index (χ2n) is 9.81. The number of anilines is 1. The van der Waals surface area contributed by atoms with E-state index in [1.54, 1.807) is 19.1 Å². The normalized spacial score (nSPS) is 12.2. The van der Waals surface area contributed by atoms with Crippen molar-refractivity contribution in [2.75, 3.05) is 10.8 Å². The van der Waals surface area contributed by atoms with Crippen molar-refractivity contribution in [2.45, 2.75) is 64.6 Å². The Bertz CT molecular complexity index is 1410. The molecule has 0 unspecified atom stereocenters. The Balaban J connectivity index is 2.09. The number of amides is 2. The monoisotopic (exact) mass is 553 g/mol.